The predicted octanol–water partition coefficient (Wildman–Crippen LogP) is 1.86. The Morgan fingerprint density at radius 2 is 2.44 bits per heavy atom. The minimum Gasteiger partial charge on any atom is -0.373 e. The molecule has 1 aliphatic rings. The van der Waals surface area contributed by atoms with Crippen molar-refractivity contribution in [2.75, 3.05) is 6.61 Å². The van der Waals surface area contributed by atoms with Crippen LogP contribution in [-0.2, 0) is 11.3 Å². The van der Waals surface area contributed by atoms with Gasteiger partial charge in [0.1, 0.15) is 5.82 Å². The second kappa shape index (κ2) is 4.55. The maximum Gasteiger partial charge on any atom is 0.128 e. The van der Waals surface area contributed by atoms with Crippen LogP contribution in [0.1, 0.15) is 45.0 Å². The third-order valence-corrected chi connectivity index (χ3v) is 3.52. The second-order valence-electron chi connectivity index (χ2n) is 4.67. The van der Waals surface area contributed by atoms with Crippen molar-refractivity contribution >= 4 is 0 Å². The quantitative estimate of drug-likeness (QED) is 0.851. The molecule has 1 aromatic rings. The molecule has 1 fully saturated rings. The molecule has 1 aromatic heterocycles. The molecule has 0 saturated carbocycles. The van der Waals surface area contributed by atoms with Gasteiger partial charge in [0.05, 0.1) is 11.6 Å². The Morgan fingerprint density at radius 1 is 1.62 bits per heavy atom. The Labute approximate surface area is 96.8 Å². The summed E-state index contributed by atoms with van der Waals surface area (Å²) in [5.74, 6) is 0.937. The Kier molecular flexibility index (Phi) is 3.30. The summed E-state index contributed by atoms with van der Waals surface area (Å²) in [6.07, 6.45) is 7.14. The van der Waals surface area contributed by atoms with E-state index < -0.39 is 0 Å². The van der Waals surface area contributed by atoms with E-state index in [2.05, 4.69) is 23.4 Å². The van der Waals surface area contributed by atoms with Crippen molar-refractivity contribution in [3.8, 4) is 0 Å². The first-order chi connectivity index (χ1) is 7.67. The van der Waals surface area contributed by atoms with Gasteiger partial charge < -0.3 is 15.0 Å². The molecule has 0 spiro atoms. The van der Waals surface area contributed by atoms with Crippen LogP contribution in [0.15, 0.2) is 12.4 Å². The molecule has 4 nitrogen and oxygen atoms in total. The van der Waals surface area contributed by atoms with E-state index >= 15 is 0 Å². The number of hydrogen-bond acceptors (Lipinski definition) is 3. The van der Waals surface area contributed by atoms with Crippen LogP contribution in [0.5, 0.6) is 0 Å². The second-order valence-corrected chi connectivity index (χ2v) is 4.67. The van der Waals surface area contributed by atoms with Crippen LogP contribution in [-0.4, -0.2) is 21.8 Å². The van der Waals surface area contributed by atoms with Gasteiger partial charge in [-0.05, 0) is 33.1 Å². The molecule has 4 heteroatoms. The van der Waals surface area contributed by atoms with Crippen molar-refractivity contribution < 1.29 is 4.74 Å². The highest BCUT2D eigenvalue weighted by molar-refractivity contribution is 5.06. The molecule has 0 radical (unpaired) electrons. The third-order valence-electron chi connectivity index (χ3n) is 3.52. The van der Waals surface area contributed by atoms with Gasteiger partial charge in [0.25, 0.3) is 0 Å². The summed E-state index contributed by atoms with van der Waals surface area (Å²) in [6.45, 7) is 5.92. The molecule has 2 rings (SSSR count). The van der Waals surface area contributed by atoms with E-state index in [9.17, 15) is 0 Å². The Hall–Kier alpha value is -0.870. The van der Waals surface area contributed by atoms with Crippen molar-refractivity contribution in [1.82, 2.24) is 9.55 Å². The number of aromatic nitrogens is 2. The zero-order valence-corrected chi connectivity index (χ0v) is 10.1. The summed E-state index contributed by atoms with van der Waals surface area (Å²) >= 11 is 0. The van der Waals surface area contributed by atoms with Crippen LogP contribution in [0.3, 0.4) is 0 Å². The summed E-state index contributed by atoms with van der Waals surface area (Å²) in [5.41, 5.74) is 6.06. The lowest BCUT2D eigenvalue weighted by Crippen LogP contribution is -2.44. The number of nitrogens with zero attached hydrogens (tertiary/aromatic N) is 2. The fourth-order valence-electron chi connectivity index (χ4n) is 2.34. The zero-order valence-electron chi connectivity index (χ0n) is 10.1. The van der Waals surface area contributed by atoms with Gasteiger partial charge in [-0.1, -0.05) is 0 Å². The van der Waals surface area contributed by atoms with Crippen molar-refractivity contribution in [2.24, 2.45) is 5.73 Å². The van der Waals surface area contributed by atoms with Gasteiger partial charge >= 0.3 is 0 Å². The maximum absolute atomic E-state index is 6.32. The van der Waals surface area contributed by atoms with Crippen LogP contribution in [0.4, 0.5) is 0 Å². The maximum atomic E-state index is 6.32. The van der Waals surface area contributed by atoms with Crippen LogP contribution >= 0.6 is 0 Å². The fraction of sp³-hybridized carbons (Fsp3) is 0.750. The number of hydrogen-bond donors (Lipinski definition) is 1. The lowest BCUT2D eigenvalue weighted by molar-refractivity contribution is -0.0841. The highest BCUT2D eigenvalue weighted by Crippen LogP contribution is 2.34. The Bertz CT molecular complexity index is 342. The molecular formula is C12H21N3O. The number of nitrogens with two attached hydrogens (primary N) is 1. The van der Waals surface area contributed by atoms with E-state index in [1.54, 1.807) is 0 Å². The standard InChI is InChI=1S/C12H21N3O/c1-3-15-8-7-14-11(15)10(13)12(2)6-4-5-9-16-12/h7-8,10H,3-6,9,13H2,1-2H3. The number of imidazole rings is 1. The van der Waals surface area contributed by atoms with Crippen molar-refractivity contribution in [3.05, 3.63) is 18.2 Å². The minimum absolute atomic E-state index is 0.136. The number of ether oxygens (including phenoxy) is 1. The monoisotopic (exact) mass is 223 g/mol. The molecule has 0 bridgehead atoms. The average molecular weight is 223 g/mol. The topological polar surface area (TPSA) is 53.1 Å². The zero-order chi connectivity index (χ0) is 11.6. The van der Waals surface area contributed by atoms with E-state index in [-0.39, 0.29) is 11.6 Å². The number of rotatable bonds is 3. The summed E-state index contributed by atoms with van der Waals surface area (Å²) < 4.78 is 7.96. The summed E-state index contributed by atoms with van der Waals surface area (Å²) in [6, 6.07) is -0.136. The first-order valence-corrected chi connectivity index (χ1v) is 6.08. The molecule has 1 saturated heterocycles. The highest BCUT2D eigenvalue weighted by Gasteiger charge is 2.37. The fourth-order valence-corrected chi connectivity index (χ4v) is 2.34. The van der Waals surface area contributed by atoms with Gasteiger partial charge in [0, 0.05) is 25.5 Å². The van der Waals surface area contributed by atoms with Gasteiger partial charge in [-0.3, -0.25) is 0 Å². The number of aryl methyl sites for hydroxylation is 1. The SMILES string of the molecule is CCn1ccnc1C(N)C1(C)CCCCO1. The van der Waals surface area contributed by atoms with E-state index in [1.165, 1.54) is 6.42 Å². The molecule has 2 heterocycles. The molecule has 2 unspecified atom stereocenters. The van der Waals surface area contributed by atoms with Crippen LogP contribution in [0.25, 0.3) is 0 Å². The van der Waals surface area contributed by atoms with Gasteiger partial charge in [-0.2, -0.15) is 0 Å². The van der Waals surface area contributed by atoms with Gasteiger partial charge in [-0.25, -0.2) is 4.98 Å². The molecule has 16 heavy (non-hydrogen) atoms. The first kappa shape index (κ1) is 11.6. The summed E-state index contributed by atoms with van der Waals surface area (Å²) in [7, 11) is 0. The third kappa shape index (κ3) is 1.99. The van der Waals surface area contributed by atoms with E-state index in [0.29, 0.717) is 0 Å². The first-order valence-electron chi connectivity index (χ1n) is 6.08. The largest absolute Gasteiger partial charge is 0.373 e. The summed E-state index contributed by atoms with van der Waals surface area (Å²) in [5, 5.41) is 0. The van der Waals surface area contributed by atoms with E-state index in [0.717, 1.165) is 31.8 Å². The molecule has 90 valence electrons. The van der Waals surface area contributed by atoms with E-state index in [4.69, 9.17) is 10.5 Å². The smallest absolute Gasteiger partial charge is 0.128 e. The van der Waals surface area contributed by atoms with Crippen molar-refractivity contribution in [2.45, 2.75) is 51.3 Å². The average Bonchev–Trinajstić information content (AvgIpc) is 2.77. The molecule has 0 aromatic carbocycles. The molecule has 2 N–H and O–H groups in total. The molecule has 0 amide bonds. The van der Waals surface area contributed by atoms with Crippen molar-refractivity contribution in [1.29, 1.82) is 0 Å². The van der Waals surface area contributed by atoms with Crippen LogP contribution < -0.4 is 5.73 Å². The molecule has 2 atom stereocenters. The lowest BCUT2D eigenvalue weighted by atomic mass is 9.88. The van der Waals surface area contributed by atoms with E-state index in [1.807, 2.05) is 12.4 Å². The van der Waals surface area contributed by atoms with Gasteiger partial charge in [0.2, 0.25) is 0 Å². The molecule has 0 aliphatic carbocycles. The van der Waals surface area contributed by atoms with Gasteiger partial charge in [0.15, 0.2) is 0 Å². The highest BCUT2D eigenvalue weighted by atomic mass is 16.5. The van der Waals surface area contributed by atoms with Gasteiger partial charge in [-0.15, -0.1) is 0 Å². The lowest BCUT2D eigenvalue weighted by Gasteiger charge is -2.38. The Morgan fingerprint density at radius 3 is 3.06 bits per heavy atom. The minimum atomic E-state index is -0.253. The molecular weight excluding hydrogens is 202 g/mol. The summed E-state index contributed by atoms with van der Waals surface area (Å²) in [4.78, 5) is 4.37. The van der Waals surface area contributed by atoms with Crippen LogP contribution in [0.2, 0.25) is 0 Å². The van der Waals surface area contributed by atoms with Crippen molar-refractivity contribution in [3.63, 3.8) is 0 Å². The Balaban J connectivity index is 2.20. The van der Waals surface area contributed by atoms with Crippen LogP contribution in [0, 0.1) is 0 Å². The normalized spacial score (nSPS) is 27.9. The molecule has 1 aliphatic heterocycles. The predicted molar refractivity (Wildman–Crippen MR) is 63.0 cm³/mol.